The van der Waals surface area contributed by atoms with Gasteiger partial charge < -0.3 is 4.74 Å². The van der Waals surface area contributed by atoms with Gasteiger partial charge in [-0.25, -0.2) is 14.6 Å². The predicted octanol–water partition coefficient (Wildman–Crippen LogP) is 2.18. The number of fused-ring (bicyclic) bond motifs is 1. The molecule has 0 unspecified atom stereocenters. The lowest BCUT2D eigenvalue weighted by Gasteiger charge is -2.22. The fraction of sp³-hybridized carbons (Fsp3) is 0.500. The van der Waals surface area contributed by atoms with Crippen LogP contribution in [0.4, 0.5) is 0 Å². The number of nitrogens with zero attached hydrogens (tertiary/aromatic N) is 4. The Morgan fingerprint density at radius 2 is 2.31 bits per heavy atom. The molecule has 6 heteroatoms. The zero-order chi connectivity index (χ0) is 11.0. The molecule has 1 aliphatic rings. The Bertz CT molecular complexity index is 506. The second kappa shape index (κ2) is 3.99. The molecule has 1 fully saturated rings. The van der Waals surface area contributed by atoms with Gasteiger partial charge in [-0.2, -0.15) is 5.10 Å². The van der Waals surface area contributed by atoms with Crippen LogP contribution >= 0.6 is 11.6 Å². The largest absolute Gasteiger partial charge is 0.356 e. The van der Waals surface area contributed by atoms with E-state index >= 15 is 0 Å². The van der Waals surface area contributed by atoms with E-state index in [1.54, 1.807) is 10.9 Å². The van der Waals surface area contributed by atoms with Crippen LogP contribution in [-0.2, 0) is 4.74 Å². The standard InChI is InChI=1S/C10H11ClN4O/c11-9-7-5-14-15(10(7)13-6-12-9)8-3-1-2-4-16-8/h5-6,8H,1-4H2/t8-/m0/s1. The Morgan fingerprint density at radius 1 is 1.38 bits per heavy atom. The van der Waals surface area contributed by atoms with E-state index in [-0.39, 0.29) is 6.23 Å². The molecule has 0 bridgehead atoms. The summed E-state index contributed by atoms with van der Waals surface area (Å²) in [5.41, 5.74) is 0.743. The van der Waals surface area contributed by atoms with E-state index in [4.69, 9.17) is 16.3 Å². The number of aromatic nitrogens is 4. The van der Waals surface area contributed by atoms with Crippen molar-refractivity contribution in [3.63, 3.8) is 0 Å². The molecule has 2 aromatic heterocycles. The van der Waals surface area contributed by atoms with Crippen molar-refractivity contribution in [1.29, 1.82) is 0 Å². The van der Waals surface area contributed by atoms with Crippen molar-refractivity contribution in [1.82, 2.24) is 19.7 Å². The molecule has 16 heavy (non-hydrogen) atoms. The van der Waals surface area contributed by atoms with E-state index in [0.717, 1.165) is 36.9 Å². The fourth-order valence-corrected chi connectivity index (χ4v) is 2.14. The summed E-state index contributed by atoms with van der Waals surface area (Å²) in [5, 5.41) is 5.50. The van der Waals surface area contributed by atoms with Crippen LogP contribution < -0.4 is 0 Å². The van der Waals surface area contributed by atoms with Gasteiger partial charge in [0, 0.05) is 6.61 Å². The van der Waals surface area contributed by atoms with E-state index in [1.807, 2.05) is 0 Å². The minimum absolute atomic E-state index is 0.0165. The van der Waals surface area contributed by atoms with Gasteiger partial charge in [0.15, 0.2) is 11.9 Å². The maximum Gasteiger partial charge on any atom is 0.165 e. The second-order valence-electron chi connectivity index (χ2n) is 3.81. The molecule has 1 saturated heterocycles. The lowest BCUT2D eigenvalue weighted by molar-refractivity contribution is -0.0370. The number of rotatable bonds is 1. The molecule has 3 heterocycles. The summed E-state index contributed by atoms with van der Waals surface area (Å²) in [6.07, 6.45) is 6.37. The van der Waals surface area contributed by atoms with Gasteiger partial charge in [-0.15, -0.1) is 0 Å². The van der Waals surface area contributed by atoms with Crippen LogP contribution in [0.3, 0.4) is 0 Å². The summed E-state index contributed by atoms with van der Waals surface area (Å²) in [6.45, 7) is 0.783. The van der Waals surface area contributed by atoms with E-state index < -0.39 is 0 Å². The van der Waals surface area contributed by atoms with Crippen molar-refractivity contribution in [2.45, 2.75) is 25.5 Å². The summed E-state index contributed by atoms with van der Waals surface area (Å²) in [4.78, 5) is 8.13. The Hall–Kier alpha value is -1.20. The molecule has 2 aromatic rings. The molecule has 0 saturated carbocycles. The normalized spacial score (nSPS) is 21.4. The molecule has 0 radical (unpaired) electrons. The average molecular weight is 239 g/mol. The van der Waals surface area contributed by atoms with Gasteiger partial charge in [-0.3, -0.25) is 0 Å². The minimum atomic E-state index is -0.0165. The highest BCUT2D eigenvalue weighted by Crippen LogP contribution is 2.26. The lowest BCUT2D eigenvalue weighted by Crippen LogP contribution is -2.19. The molecule has 84 valence electrons. The van der Waals surface area contributed by atoms with Crippen molar-refractivity contribution in [2.24, 2.45) is 0 Å². The molecule has 5 nitrogen and oxygen atoms in total. The highest BCUT2D eigenvalue weighted by Gasteiger charge is 2.19. The first-order valence-corrected chi connectivity index (χ1v) is 5.69. The molecule has 1 atom stereocenters. The van der Waals surface area contributed by atoms with E-state index in [0.29, 0.717) is 5.15 Å². The van der Waals surface area contributed by atoms with Gasteiger partial charge in [0.1, 0.15) is 11.5 Å². The first-order chi connectivity index (χ1) is 7.86. The lowest BCUT2D eigenvalue weighted by atomic mass is 10.2. The van der Waals surface area contributed by atoms with Gasteiger partial charge in [-0.1, -0.05) is 11.6 Å². The van der Waals surface area contributed by atoms with Gasteiger partial charge in [-0.05, 0) is 19.3 Å². The van der Waals surface area contributed by atoms with Crippen molar-refractivity contribution in [2.75, 3.05) is 6.61 Å². The smallest absolute Gasteiger partial charge is 0.165 e. The molecular weight excluding hydrogens is 228 g/mol. The van der Waals surface area contributed by atoms with Crippen LogP contribution in [0.1, 0.15) is 25.5 Å². The van der Waals surface area contributed by atoms with Crippen molar-refractivity contribution < 1.29 is 4.74 Å². The van der Waals surface area contributed by atoms with Crippen LogP contribution in [0.15, 0.2) is 12.5 Å². The first-order valence-electron chi connectivity index (χ1n) is 5.31. The third-order valence-corrected chi connectivity index (χ3v) is 3.07. The summed E-state index contributed by atoms with van der Waals surface area (Å²) >= 11 is 5.96. The van der Waals surface area contributed by atoms with Crippen LogP contribution in [0.2, 0.25) is 5.15 Å². The molecule has 0 aliphatic carbocycles. The molecular formula is C10H11ClN4O. The zero-order valence-corrected chi connectivity index (χ0v) is 9.39. The van der Waals surface area contributed by atoms with Crippen molar-refractivity contribution >= 4 is 22.6 Å². The van der Waals surface area contributed by atoms with Crippen LogP contribution in [0.25, 0.3) is 11.0 Å². The van der Waals surface area contributed by atoms with Gasteiger partial charge in [0.05, 0.1) is 11.6 Å². The number of hydrogen-bond acceptors (Lipinski definition) is 4. The Balaban J connectivity index is 2.06. The number of halogens is 1. The second-order valence-corrected chi connectivity index (χ2v) is 4.17. The topological polar surface area (TPSA) is 52.8 Å². The van der Waals surface area contributed by atoms with Gasteiger partial charge in [0.2, 0.25) is 0 Å². The fourth-order valence-electron chi connectivity index (χ4n) is 1.96. The quantitative estimate of drug-likeness (QED) is 0.715. The summed E-state index contributed by atoms with van der Waals surface area (Å²) in [6, 6.07) is 0. The monoisotopic (exact) mass is 238 g/mol. The summed E-state index contributed by atoms with van der Waals surface area (Å²) in [7, 11) is 0. The Kier molecular flexibility index (Phi) is 2.49. The van der Waals surface area contributed by atoms with Crippen molar-refractivity contribution in [3.8, 4) is 0 Å². The van der Waals surface area contributed by atoms with E-state index in [1.165, 1.54) is 6.33 Å². The SMILES string of the molecule is Clc1ncnc2c1cnn2[C@@H]1CCCCO1. The third kappa shape index (κ3) is 1.56. The van der Waals surface area contributed by atoms with Crippen LogP contribution in [-0.4, -0.2) is 26.4 Å². The van der Waals surface area contributed by atoms with Crippen molar-refractivity contribution in [3.05, 3.63) is 17.7 Å². The Labute approximate surface area is 97.4 Å². The van der Waals surface area contributed by atoms with Crippen LogP contribution in [0.5, 0.6) is 0 Å². The number of ether oxygens (including phenoxy) is 1. The maximum atomic E-state index is 5.96. The highest BCUT2D eigenvalue weighted by atomic mass is 35.5. The molecule has 0 spiro atoms. The molecule has 0 N–H and O–H groups in total. The number of hydrogen-bond donors (Lipinski definition) is 0. The summed E-state index contributed by atoms with van der Waals surface area (Å²) < 4.78 is 7.46. The molecule has 0 amide bonds. The third-order valence-electron chi connectivity index (χ3n) is 2.77. The van der Waals surface area contributed by atoms with Gasteiger partial charge >= 0.3 is 0 Å². The predicted molar refractivity (Wildman–Crippen MR) is 59.2 cm³/mol. The molecule has 3 rings (SSSR count). The maximum absolute atomic E-state index is 5.96. The molecule has 0 aromatic carbocycles. The van der Waals surface area contributed by atoms with Gasteiger partial charge in [0.25, 0.3) is 0 Å². The van der Waals surface area contributed by atoms with E-state index in [9.17, 15) is 0 Å². The minimum Gasteiger partial charge on any atom is -0.356 e. The van der Waals surface area contributed by atoms with E-state index in [2.05, 4.69) is 15.1 Å². The average Bonchev–Trinajstić information content (AvgIpc) is 2.75. The molecule has 1 aliphatic heterocycles. The summed E-state index contributed by atoms with van der Waals surface area (Å²) in [5.74, 6) is 0. The highest BCUT2D eigenvalue weighted by molar-refractivity contribution is 6.33. The zero-order valence-electron chi connectivity index (χ0n) is 8.64. The Morgan fingerprint density at radius 3 is 3.12 bits per heavy atom. The van der Waals surface area contributed by atoms with Crippen LogP contribution in [0, 0.1) is 0 Å². The first kappa shape index (κ1) is 9.99.